The van der Waals surface area contributed by atoms with Crippen LogP contribution in [0.5, 0.6) is 0 Å². The zero-order valence-corrected chi connectivity index (χ0v) is 79.6. The summed E-state index contributed by atoms with van der Waals surface area (Å²) in [5.41, 5.74) is 36.5. The Morgan fingerprint density at radius 1 is 0.0993 bits per heavy atom. The zero-order chi connectivity index (χ0) is 94.0. The first-order valence-electron chi connectivity index (χ1n) is 47.6. The first-order chi connectivity index (χ1) is 69.9. The second kappa shape index (κ2) is 40.3. The molecule has 670 valence electrons. The maximum absolute atomic E-state index is 2.36. The van der Waals surface area contributed by atoms with Gasteiger partial charge in [-0.25, -0.2) is 0 Å². The standard InChI is InChI=1S/C76H54N4S2.C56H40N2S/c1-5-17-59(18-6-1)77(60-19-7-2-8-20-60)67-45-49-69(50-46-67)79(65-41-33-57(34-42-65)73-53-81-75-27-15-13-25-71(73)75)63-37-29-55(30-38-63)56-31-39-64(40-32-56)80(66-43-35-58(36-44-66)74-54-82-76-28-16-14-26-72(74)76)70-51-47-68(48-52-70)78(61-21-9-3-10-22-61)62-23-11-4-12-24-62;1-4-12-41(13-5-1)43-20-30-50(31-21-43)58(51-32-22-44(23-33-51)42-14-6-2-7-15-42)52-36-26-46(27-37-52)45-24-34-49(35-25-45)57(48-16-8-3-9-17-48)53-38-28-47(29-39-53)55-40-59-56-19-11-10-18-54(55)56/h1-54H;1-40H. The van der Waals surface area contributed by atoms with Crippen molar-refractivity contribution in [2.45, 2.75) is 0 Å². The van der Waals surface area contributed by atoms with E-state index in [0.717, 1.165) is 119 Å². The average Bonchev–Trinajstić information content (AvgIpc) is 1.78. The number of hydrogen-bond acceptors (Lipinski definition) is 9. The minimum absolute atomic E-state index is 1.06. The molecule has 9 heteroatoms. The van der Waals surface area contributed by atoms with Gasteiger partial charge < -0.3 is 29.4 Å². The van der Waals surface area contributed by atoms with Crippen molar-refractivity contribution in [1.29, 1.82) is 0 Å². The van der Waals surface area contributed by atoms with Crippen LogP contribution in [0.3, 0.4) is 0 Å². The molecule has 0 saturated carbocycles. The van der Waals surface area contributed by atoms with E-state index in [9.17, 15) is 0 Å². The molecule has 141 heavy (non-hydrogen) atoms. The molecule has 0 radical (unpaired) electrons. The van der Waals surface area contributed by atoms with Gasteiger partial charge in [0.15, 0.2) is 0 Å². The van der Waals surface area contributed by atoms with Crippen LogP contribution in [0, 0.1) is 0 Å². The largest absolute Gasteiger partial charge is 0.311 e. The Morgan fingerprint density at radius 2 is 0.220 bits per heavy atom. The third kappa shape index (κ3) is 18.6. The van der Waals surface area contributed by atoms with Gasteiger partial charge >= 0.3 is 0 Å². The predicted molar refractivity (Wildman–Crippen MR) is 605 cm³/mol. The Morgan fingerprint density at radius 3 is 0.390 bits per heavy atom. The van der Waals surface area contributed by atoms with E-state index in [4.69, 9.17) is 0 Å². The van der Waals surface area contributed by atoms with Crippen molar-refractivity contribution in [3.8, 4) is 77.9 Å². The lowest BCUT2D eigenvalue weighted by Crippen LogP contribution is -2.12. The molecule has 0 saturated heterocycles. The fourth-order valence-electron chi connectivity index (χ4n) is 19.1. The molecule has 0 amide bonds. The van der Waals surface area contributed by atoms with Crippen LogP contribution >= 0.6 is 34.0 Å². The zero-order valence-electron chi connectivity index (χ0n) is 77.2. The van der Waals surface area contributed by atoms with Crippen molar-refractivity contribution in [3.63, 3.8) is 0 Å². The summed E-state index contributed by atoms with van der Waals surface area (Å²) in [6, 6.07) is 198. The first kappa shape index (κ1) is 87.4. The lowest BCUT2D eigenvalue weighted by molar-refractivity contribution is 1.25. The Hall–Kier alpha value is -17.7. The molecule has 0 spiro atoms. The maximum atomic E-state index is 2.36. The molecule has 0 unspecified atom stereocenters. The highest BCUT2D eigenvalue weighted by atomic mass is 32.1. The lowest BCUT2D eigenvalue weighted by Gasteiger charge is -2.29. The van der Waals surface area contributed by atoms with Crippen molar-refractivity contribution in [3.05, 3.63) is 568 Å². The number of benzene rings is 21. The van der Waals surface area contributed by atoms with E-state index in [1.807, 2.05) is 0 Å². The van der Waals surface area contributed by atoms with Gasteiger partial charge in [0.1, 0.15) is 0 Å². The quantitative estimate of drug-likeness (QED) is 0.0564. The molecule has 0 aliphatic carbocycles. The summed E-state index contributed by atoms with van der Waals surface area (Å²) in [6.45, 7) is 0. The summed E-state index contributed by atoms with van der Waals surface area (Å²) < 4.78 is 3.90. The fraction of sp³-hybridized carbons (Fsp3) is 0. The number of hydrogen-bond donors (Lipinski definition) is 0. The smallest absolute Gasteiger partial charge is 0.0463 e. The van der Waals surface area contributed by atoms with Gasteiger partial charge in [-0.2, -0.15) is 0 Å². The van der Waals surface area contributed by atoms with Crippen molar-refractivity contribution in [1.82, 2.24) is 0 Å². The first-order valence-corrected chi connectivity index (χ1v) is 50.2. The van der Waals surface area contributed by atoms with Crippen LogP contribution in [0.2, 0.25) is 0 Å². The van der Waals surface area contributed by atoms with Gasteiger partial charge in [0.25, 0.3) is 0 Å². The van der Waals surface area contributed by atoms with Crippen molar-refractivity contribution >= 4 is 167 Å². The molecule has 0 bridgehead atoms. The van der Waals surface area contributed by atoms with E-state index in [1.54, 1.807) is 34.0 Å². The molecule has 0 N–H and O–H groups in total. The highest BCUT2D eigenvalue weighted by Crippen LogP contribution is 2.48. The molecule has 0 atom stereocenters. The van der Waals surface area contributed by atoms with Gasteiger partial charge in [0.05, 0.1) is 0 Å². The molecule has 0 aliphatic rings. The number of rotatable bonds is 25. The topological polar surface area (TPSA) is 19.4 Å². The van der Waals surface area contributed by atoms with Gasteiger partial charge in [-0.05, 0) is 314 Å². The average molecular weight is 1860 g/mol. The van der Waals surface area contributed by atoms with Crippen LogP contribution in [-0.4, -0.2) is 0 Å². The maximum Gasteiger partial charge on any atom is 0.0463 e. The van der Waals surface area contributed by atoms with E-state index in [-0.39, 0.29) is 0 Å². The van der Waals surface area contributed by atoms with Gasteiger partial charge in [0, 0.05) is 149 Å². The van der Waals surface area contributed by atoms with E-state index in [2.05, 4.69) is 598 Å². The van der Waals surface area contributed by atoms with E-state index >= 15 is 0 Å². The second-order valence-corrected chi connectivity index (χ2v) is 37.5. The molecule has 21 aromatic carbocycles. The van der Waals surface area contributed by atoms with E-state index < -0.39 is 0 Å². The predicted octanol–water partition coefficient (Wildman–Crippen LogP) is 39.5. The highest BCUT2D eigenvalue weighted by molar-refractivity contribution is 7.18. The van der Waals surface area contributed by atoms with Crippen LogP contribution in [-0.2, 0) is 0 Å². The van der Waals surface area contributed by atoms with Crippen LogP contribution in [0.15, 0.2) is 568 Å². The Bertz CT molecular complexity index is 7840. The summed E-state index contributed by atoms with van der Waals surface area (Å²) in [5, 5.41) is 10.7. The monoisotopic (exact) mass is 1860 g/mol. The molecule has 3 heterocycles. The summed E-state index contributed by atoms with van der Waals surface area (Å²) >= 11 is 5.39. The van der Waals surface area contributed by atoms with Gasteiger partial charge in [-0.3, -0.25) is 0 Å². The number of nitrogens with zero attached hydrogens (tertiary/aromatic N) is 6. The summed E-state index contributed by atoms with van der Waals surface area (Å²) in [7, 11) is 0. The third-order valence-corrected chi connectivity index (χ3v) is 29.1. The van der Waals surface area contributed by atoms with E-state index in [0.29, 0.717) is 0 Å². The highest BCUT2D eigenvalue weighted by Gasteiger charge is 2.24. The van der Waals surface area contributed by atoms with Crippen LogP contribution in [0.25, 0.3) is 108 Å². The number of fused-ring (bicyclic) bond motifs is 3. The third-order valence-electron chi connectivity index (χ3n) is 26.2. The Kier molecular flexibility index (Phi) is 25.0. The lowest BCUT2D eigenvalue weighted by atomic mass is 10.0. The number of para-hydroxylation sites is 5. The van der Waals surface area contributed by atoms with Crippen LogP contribution in [0.1, 0.15) is 0 Å². The molecular weight excluding hydrogens is 1770 g/mol. The Labute approximate surface area is 835 Å². The summed E-state index contributed by atoms with van der Waals surface area (Å²) in [5.74, 6) is 0. The molecule has 24 aromatic rings. The van der Waals surface area contributed by atoms with Crippen molar-refractivity contribution in [2.75, 3.05) is 29.4 Å². The van der Waals surface area contributed by atoms with Gasteiger partial charge in [-0.15, -0.1) is 34.0 Å². The summed E-state index contributed by atoms with van der Waals surface area (Å²) in [4.78, 5) is 14.0. The number of thiophene rings is 3. The minimum Gasteiger partial charge on any atom is -0.311 e. The Balaban J connectivity index is 0.000000166. The van der Waals surface area contributed by atoms with Gasteiger partial charge in [0.2, 0.25) is 0 Å². The number of anilines is 18. The van der Waals surface area contributed by atoms with E-state index in [1.165, 1.54) is 91.5 Å². The normalized spacial score (nSPS) is 11.1. The molecule has 0 aliphatic heterocycles. The molecule has 3 aromatic heterocycles. The van der Waals surface area contributed by atoms with Crippen LogP contribution < -0.4 is 29.4 Å². The van der Waals surface area contributed by atoms with Crippen LogP contribution in [0.4, 0.5) is 102 Å². The minimum atomic E-state index is 1.06. The molecule has 24 rings (SSSR count). The second-order valence-electron chi connectivity index (χ2n) is 34.8. The summed E-state index contributed by atoms with van der Waals surface area (Å²) in [6.07, 6.45) is 0. The fourth-order valence-corrected chi connectivity index (χ4v) is 22.0. The molecule has 0 fully saturated rings. The van der Waals surface area contributed by atoms with Crippen molar-refractivity contribution in [2.24, 2.45) is 0 Å². The molecular formula is C132H94N6S3. The van der Waals surface area contributed by atoms with Gasteiger partial charge in [-0.1, -0.05) is 315 Å². The van der Waals surface area contributed by atoms with Crippen molar-refractivity contribution < 1.29 is 0 Å². The molecule has 6 nitrogen and oxygen atoms in total. The SMILES string of the molecule is c1ccc(-c2ccc(N(c3ccc(-c4ccccc4)cc3)c3ccc(-c4ccc(N(c5ccccc5)c5ccc(-c6csc7ccccc67)cc5)cc4)cc3)cc2)cc1.c1ccc(N(c2ccccc2)c2ccc(N(c3ccc(-c4ccc(N(c5ccc(-c6csc7ccccc67)cc5)c5ccc(N(c6ccccc6)c6ccccc6)cc5)cc4)cc3)c3ccc(-c4csc5ccccc45)cc3)cc2)cc1.